The molecule has 2 aromatic carbocycles. The Bertz CT molecular complexity index is 897. The second-order valence-electron chi connectivity index (χ2n) is 6.15. The molecule has 2 amide bonds. The molecule has 0 aliphatic carbocycles. The zero-order valence-corrected chi connectivity index (χ0v) is 18.1. The van der Waals surface area contributed by atoms with Crippen molar-refractivity contribution in [1.82, 2.24) is 5.43 Å². The molecule has 0 spiro atoms. The number of nitrogens with one attached hydrogen (secondary N) is 2. The summed E-state index contributed by atoms with van der Waals surface area (Å²) in [5.41, 5.74) is 7.03. The average Bonchev–Trinajstić information content (AvgIpc) is 2.61. The van der Waals surface area contributed by atoms with Gasteiger partial charge in [0.1, 0.15) is 0 Å². The molecule has 5 nitrogen and oxygen atoms in total. The first kappa shape index (κ1) is 21.2. The van der Waals surface area contributed by atoms with Gasteiger partial charge >= 0.3 is 0 Å². The Morgan fingerprint density at radius 2 is 1.85 bits per heavy atom. The summed E-state index contributed by atoms with van der Waals surface area (Å²) in [6.45, 7) is 7.31. The molecule has 0 saturated carbocycles. The van der Waals surface area contributed by atoms with Gasteiger partial charge in [0.05, 0.1) is 11.5 Å². The van der Waals surface area contributed by atoms with E-state index in [1.54, 1.807) is 6.07 Å². The maximum Gasteiger partial charge on any atom is 0.250 e. The lowest BCUT2D eigenvalue weighted by atomic mass is 10.1. The summed E-state index contributed by atoms with van der Waals surface area (Å²) in [6, 6.07) is 11.4. The highest BCUT2D eigenvalue weighted by atomic mass is 79.9. The average molecular weight is 448 g/mol. The molecule has 142 valence electrons. The minimum Gasteiger partial charge on any atom is -0.326 e. The minimum absolute atomic E-state index is 0.134. The molecule has 0 heterocycles. The molecule has 0 unspecified atom stereocenters. The summed E-state index contributed by atoms with van der Waals surface area (Å²) in [5, 5.41) is 6.89. The number of carbonyl (C=O) groups excluding carboxylic acids is 2. The highest BCUT2D eigenvalue weighted by molar-refractivity contribution is 9.10. The van der Waals surface area contributed by atoms with Crippen molar-refractivity contribution in [1.29, 1.82) is 0 Å². The molecular formula is C20H22BrN3O2S. The molecule has 2 N–H and O–H groups in total. The first-order chi connectivity index (χ1) is 12.8. The van der Waals surface area contributed by atoms with E-state index in [0.29, 0.717) is 11.4 Å². The van der Waals surface area contributed by atoms with Gasteiger partial charge in [-0.3, -0.25) is 9.59 Å². The van der Waals surface area contributed by atoms with Crippen molar-refractivity contribution in [3.8, 4) is 0 Å². The molecule has 0 saturated heterocycles. The normalized spacial score (nSPS) is 11.2. The Hall–Kier alpha value is -2.12. The van der Waals surface area contributed by atoms with Crippen LogP contribution in [0.15, 0.2) is 50.9 Å². The van der Waals surface area contributed by atoms with Gasteiger partial charge in [-0.15, -0.1) is 11.8 Å². The molecule has 0 aliphatic rings. The second-order valence-corrected chi connectivity index (χ2v) is 8.02. The van der Waals surface area contributed by atoms with Crippen LogP contribution in [-0.2, 0) is 9.59 Å². The number of halogens is 1. The monoisotopic (exact) mass is 447 g/mol. The number of thioether (sulfide) groups is 1. The van der Waals surface area contributed by atoms with E-state index in [-0.39, 0.29) is 17.6 Å². The lowest BCUT2D eigenvalue weighted by Crippen LogP contribution is -2.21. The van der Waals surface area contributed by atoms with E-state index < -0.39 is 0 Å². The number of amides is 2. The Balaban J connectivity index is 1.96. The number of rotatable bonds is 6. The Labute approximate surface area is 172 Å². The summed E-state index contributed by atoms with van der Waals surface area (Å²) in [6.07, 6.45) is 0. The molecule has 2 rings (SSSR count). The smallest absolute Gasteiger partial charge is 0.250 e. The largest absolute Gasteiger partial charge is 0.326 e. The van der Waals surface area contributed by atoms with Gasteiger partial charge in [-0.05, 0) is 61.7 Å². The van der Waals surface area contributed by atoms with Gasteiger partial charge in [-0.25, -0.2) is 5.43 Å². The van der Waals surface area contributed by atoms with Crippen LogP contribution in [-0.4, -0.2) is 23.3 Å². The van der Waals surface area contributed by atoms with Crippen LogP contribution in [0.4, 0.5) is 5.69 Å². The molecule has 2 aromatic rings. The molecular weight excluding hydrogens is 426 g/mol. The van der Waals surface area contributed by atoms with Crippen molar-refractivity contribution >= 4 is 50.9 Å². The Morgan fingerprint density at radius 3 is 2.56 bits per heavy atom. The number of aryl methyl sites for hydroxylation is 2. The molecule has 0 aliphatic heterocycles. The van der Waals surface area contributed by atoms with Crippen LogP contribution in [0.2, 0.25) is 0 Å². The maximum atomic E-state index is 12.1. The van der Waals surface area contributed by atoms with E-state index in [0.717, 1.165) is 26.1 Å². The van der Waals surface area contributed by atoms with E-state index in [4.69, 9.17) is 0 Å². The summed E-state index contributed by atoms with van der Waals surface area (Å²) in [5.74, 6) is -0.0205. The van der Waals surface area contributed by atoms with Gasteiger partial charge < -0.3 is 5.32 Å². The van der Waals surface area contributed by atoms with Gasteiger partial charge in [0.2, 0.25) is 11.8 Å². The Morgan fingerprint density at radius 1 is 1.11 bits per heavy atom. The number of carbonyl (C=O) groups is 2. The number of nitrogens with zero attached hydrogens (tertiary/aromatic N) is 1. The fourth-order valence-electron chi connectivity index (χ4n) is 2.32. The summed E-state index contributed by atoms with van der Waals surface area (Å²) >= 11 is 5.00. The predicted molar refractivity (Wildman–Crippen MR) is 115 cm³/mol. The lowest BCUT2D eigenvalue weighted by molar-refractivity contribution is -0.118. The van der Waals surface area contributed by atoms with Gasteiger partial charge in [-0.2, -0.15) is 5.10 Å². The van der Waals surface area contributed by atoms with Crippen molar-refractivity contribution in [3.05, 3.63) is 57.6 Å². The van der Waals surface area contributed by atoms with E-state index in [1.807, 2.05) is 39.0 Å². The van der Waals surface area contributed by atoms with E-state index in [1.165, 1.54) is 18.7 Å². The van der Waals surface area contributed by atoms with Crippen LogP contribution in [0.5, 0.6) is 0 Å². The Kier molecular flexibility index (Phi) is 7.62. The number of hydrogen-bond donors (Lipinski definition) is 2. The van der Waals surface area contributed by atoms with E-state index >= 15 is 0 Å². The van der Waals surface area contributed by atoms with Gasteiger partial charge in [0, 0.05) is 22.0 Å². The van der Waals surface area contributed by atoms with Crippen molar-refractivity contribution in [2.45, 2.75) is 32.6 Å². The number of hydrogen-bond acceptors (Lipinski definition) is 4. The zero-order valence-electron chi connectivity index (χ0n) is 15.7. The fraction of sp³-hybridized carbons (Fsp3) is 0.250. The fourth-order valence-corrected chi connectivity index (χ4v) is 3.68. The molecule has 0 fully saturated rings. The molecule has 0 radical (unpaired) electrons. The summed E-state index contributed by atoms with van der Waals surface area (Å²) < 4.78 is 1.07. The lowest BCUT2D eigenvalue weighted by Gasteiger charge is -2.09. The van der Waals surface area contributed by atoms with Crippen molar-refractivity contribution in [2.75, 3.05) is 11.1 Å². The van der Waals surface area contributed by atoms with Crippen LogP contribution >= 0.6 is 27.7 Å². The first-order valence-corrected chi connectivity index (χ1v) is 10.1. The van der Waals surface area contributed by atoms with Crippen LogP contribution in [0, 0.1) is 13.8 Å². The SMILES string of the molecule is CC(=O)Nc1cccc(/C(C)=N/NC(=O)CSc2cc(C)c(Br)cc2C)c1. The highest BCUT2D eigenvalue weighted by Gasteiger charge is 2.07. The minimum atomic E-state index is -0.169. The third-order valence-electron chi connectivity index (χ3n) is 3.76. The third-order valence-corrected chi connectivity index (χ3v) is 5.78. The third kappa shape index (κ3) is 6.52. The van der Waals surface area contributed by atoms with Crippen LogP contribution in [0.1, 0.15) is 30.5 Å². The molecule has 27 heavy (non-hydrogen) atoms. The van der Waals surface area contributed by atoms with E-state index in [2.05, 4.69) is 43.9 Å². The molecule has 0 aromatic heterocycles. The zero-order chi connectivity index (χ0) is 20.0. The molecule has 0 bridgehead atoms. The van der Waals surface area contributed by atoms with E-state index in [9.17, 15) is 9.59 Å². The molecule has 7 heteroatoms. The van der Waals surface area contributed by atoms with Gasteiger partial charge in [0.25, 0.3) is 0 Å². The summed E-state index contributed by atoms with van der Waals surface area (Å²) in [4.78, 5) is 24.4. The number of anilines is 1. The topological polar surface area (TPSA) is 70.6 Å². The van der Waals surface area contributed by atoms with Crippen molar-refractivity contribution in [3.63, 3.8) is 0 Å². The van der Waals surface area contributed by atoms with Crippen LogP contribution < -0.4 is 10.7 Å². The van der Waals surface area contributed by atoms with Gasteiger partial charge in [-0.1, -0.05) is 28.1 Å². The van der Waals surface area contributed by atoms with Crippen molar-refractivity contribution < 1.29 is 9.59 Å². The van der Waals surface area contributed by atoms with Crippen LogP contribution in [0.25, 0.3) is 0 Å². The van der Waals surface area contributed by atoms with Crippen molar-refractivity contribution in [2.24, 2.45) is 5.10 Å². The molecule has 0 atom stereocenters. The first-order valence-electron chi connectivity index (χ1n) is 8.37. The number of hydrazone groups is 1. The standard InChI is InChI=1S/C20H22BrN3O2S/c1-12-9-19(13(2)8-18(12)21)27-11-20(26)24-23-14(3)16-6-5-7-17(10-16)22-15(4)25/h5-10H,11H2,1-4H3,(H,22,25)(H,24,26)/b23-14+. The van der Waals surface area contributed by atoms with Crippen LogP contribution in [0.3, 0.4) is 0 Å². The number of benzene rings is 2. The highest BCUT2D eigenvalue weighted by Crippen LogP contribution is 2.28. The predicted octanol–water partition coefficient (Wildman–Crippen LogP) is 4.66. The second kappa shape index (κ2) is 9.71. The quantitative estimate of drug-likeness (QED) is 0.384. The maximum absolute atomic E-state index is 12.1. The van der Waals surface area contributed by atoms with Gasteiger partial charge in [0.15, 0.2) is 0 Å². The summed E-state index contributed by atoms with van der Waals surface area (Å²) in [7, 11) is 0.